The van der Waals surface area contributed by atoms with Crippen LogP contribution in [0.2, 0.25) is 5.02 Å². The monoisotopic (exact) mass is 495 g/mol. The number of rotatable bonds is 6. The lowest BCUT2D eigenvalue weighted by Gasteiger charge is -2.16. The zero-order chi connectivity index (χ0) is 24.5. The molecule has 0 spiro atoms. The summed E-state index contributed by atoms with van der Waals surface area (Å²) in [7, 11) is -4.37. The fourth-order valence-corrected chi connectivity index (χ4v) is 4.46. The Morgan fingerprint density at radius 3 is 2.47 bits per heavy atom. The maximum Gasteiger partial charge on any atom is 0.294 e. The number of nitrogens with one attached hydrogen (secondary N) is 1. The fraction of sp³-hybridized carbons (Fsp3) is 0.120. The summed E-state index contributed by atoms with van der Waals surface area (Å²) in [6.07, 6.45) is 3.31. The first-order valence-electron chi connectivity index (χ1n) is 10.4. The topological polar surface area (TPSA) is 122 Å². The molecule has 0 saturated carbocycles. The smallest absolute Gasteiger partial charge is 0.294 e. The number of hydrogen-bond donors (Lipinski definition) is 3. The number of carbonyl (C=O) groups excluding carboxylic acids is 1. The molecule has 174 valence electrons. The van der Waals surface area contributed by atoms with Gasteiger partial charge in [0.2, 0.25) is 5.91 Å². The number of nitrogens with zero attached hydrogens (tertiary/aromatic N) is 1. The van der Waals surface area contributed by atoms with E-state index in [0.29, 0.717) is 21.8 Å². The van der Waals surface area contributed by atoms with Gasteiger partial charge in [0.05, 0.1) is 10.8 Å². The summed E-state index contributed by atoms with van der Waals surface area (Å²) >= 11 is 5.95. The first-order chi connectivity index (χ1) is 16.2. The van der Waals surface area contributed by atoms with Gasteiger partial charge in [0.1, 0.15) is 0 Å². The number of pyridine rings is 1. The van der Waals surface area contributed by atoms with Crippen LogP contribution in [0.4, 0.5) is 5.69 Å². The lowest BCUT2D eigenvalue weighted by molar-refractivity contribution is -0.117. The largest absolute Gasteiger partial charge is 0.329 e. The summed E-state index contributed by atoms with van der Waals surface area (Å²) in [5.41, 5.74) is 9.28. The first-order valence-corrected chi connectivity index (χ1v) is 12.2. The lowest BCUT2D eigenvalue weighted by atomic mass is 9.96. The molecule has 1 heterocycles. The highest BCUT2D eigenvalue weighted by atomic mass is 35.5. The molecule has 4 rings (SSSR count). The number of aryl methyl sites for hydroxylation is 1. The van der Waals surface area contributed by atoms with Crippen LogP contribution >= 0.6 is 11.6 Å². The Morgan fingerprint density at radius 2 is 1.79 bits per heavy atom. The van der Waals surface area contributed by atoms with Crippen LogP contribution < -0.4 is 11.1 Å². The van der Waals surface area contributed by atoms with Crippen LogP contribution in [0.15, 0.2) is 78.0 Å². The predicted octanol–water partition coefficient (Wildman–Crippen LogP) is 4.79. The van der Waals surface area contributed by atoms with Crippen molar-refractivity contribution in [3.8, 4) is 11.1 Å². The van der Waals surface area contributed by atoms with Gasteiger partial charge in [-0.05, 0) is 65.4 Å². The minimum Gasteiger partial charge on any atom is -0.329 e. The van der Waals surface area contributed by atoms with Crippen LogP contribution in [0, 0.1) is 6.92 Å². The van der Waals surface area contributed by atoms with Gasteiger partial charge in [-0.2, -0.15) is 8.42 Å². The third-order valence-corrected chi connectivity index (χ3v) is 6.75. The summed E-state index contributed by atoms with van der Waals surface area (Å²) in [6.45, 7) is 1.96. The third kappa shape index (κ3) is 4.95. The van der Waals surface area contributed by atoms with E-state index in [9.17, 15) is 17.8 Å². The number of fused-ring (bicyclic) bond motifs is 1. The Bertz CT molecular complexity index is 1490. The summed E-state index contributed by atoms with van der Waals surface area (Å²) in [6, 6.07) is 16.8. The number of carbonyl (C=O) groups is 1. The van der Waals surface area contributed by atoms with Crippen molar-refractivity contribution in [1.29, 1.82) is 0 Å². The van der Waals surface area contributed by atoms with Gasteiger partial charge < -0.3 is 11.1 Å². The SMILES string of the molecule is Cc1ccc(S(=O)(=O)O)cc1-c1cncc2ccc(NC(=O)[C@H](CN)c3ccc(Cl)cc3)cc12. The number of hydrogen-bond acceptors (Lipinski definition) is 5. The average Bonchev–Trinajstić information content (AvgIpc) is 2.80. The predicted molar refractivity (Wildman–Crippen MR) is 134 cm³/mol. The molecular weight excluding hydrogens is 474 g/mol. The normalized spacial score (nSPS) is 12.5. The van der Waals surface area contributed by atoms with E-state index in [2.05, 4.69) is 10.3 Å². The molecule has 9 heteroatoms. The number of nitrogens with two attached hydrogens (primary N) is 1. The van der Waals surface area contributed by atoms with Crippen molar-refractivity contribution in [2.24, 2.45) is 5.73 Å². The highest BCUT2D eigenvalue weighted by Gasteiger charge is 2.20. The molecule has 1 atom stereocenters. The summed E-state index contributed by atoms with van der Waals surface area (Å²) < 4.78 is 32.8. The van der Waals surface area contributed by atoms with Crippen molar-refractivity contribution >= 4 is 44.1 Å². The molecule has 0 aliphatic carbocycles. The van der Waals surface area contributed by atoms with Crippen LogP contribution in [-0.2, 0) is 14.9 Å². The Morgan fingerprint density at radius 1 is 1.06 bits per heavy atom. The van der Waals surface area contributed by atoms with Crippen LogP contribution in [0.25, 0.3) is 21.9 Å². The number of aromatic nitrogens is 1. The van der Waals surface area contributed by atoms with Gasteiger partial charge in [0.25, 0.3) is 10.1 Å². The molecule has 4 aromatic rings. The van der Waals surface area contributed by atoms with Crippen LogP contribution in [0.1, 0.15) is 17.0 Å². The van der Waals surface area contributed by atoms with Gasteiger partial charge >= 0.3 is 0 Å². The average molecular weight is 496 g/mol. The molecule has 1 amide bonds. The van der Waals surface area contributed by atoms with E-state index in [4.69, 9.17) is 17.3 Å². The van der Waals surface area contributed by atoms with Gasteiger partial charge in [-0.25, -0.2) is 0 Å². The Hall–Kier alpha value is -3.30. The van der Waals surface area contributed by atoms with Crippen LogP contribution in [0.5, 0.6) is 0 Å². The molecule has 0 radical (unpaired) electrons. The first kappa shape index (κ1) is 23.8. The molecule has 0 aliphatic heterocycles. The number of amides is 1. The maximum atomic E-state index is 13.0. The van der Waals surface area contributed by atoms with Crippen molar-refractivity contribution in [3.05, 3.63) is 89.2 Å². The minimum absolute atomic E-state index is 0.123. The lowest BCUT2D eigenvalue weighted by Crippen LogP contribution is -2.27. The molecule has 3 aromatic carbocycles. The Labute approximate surface area is 202 Å². The standard InChI is InChI=1S/C25H22ClN3O4S/c1-15-2-9-20(34(31,32)33)11-21(15)24-14-28-13-17-5-8-19(10-22(17)24)29-25(30)23(12-27)16-3-6-18(26)7-4-16/h2-11,13-14,23H,12,27H2,1H3,(H,29,30)(H,31,32,33)/t23-/m1/s1. The van der Waals surface area contributed by atoms with Gasteiger partial charge in [0.15, 0.2) is 0 Å². The van der Waals surface area contributed by atoms with Crippen molar-refractivity contribution in [3.63, 3.8) is 0 Å². The summed E-state index contributed by atoms with van der Waals surface area (Å²) in [5, 5.41) is 5.06. The molecule has 4 N–H and O–H groups in total. The van der Waals surface area contributed by atoms with E-state index in [1.54, 1.807) is 54.9 Å². The Balaban J connectivity index is 1.73. The highest BCUT2D eigenvalue weighted by Crippen LogP contribution is 2.33. The Kier molecular flexibility index (Phi) is 6.67. The van der Waals surface area contributed by atoms with E-state index >= 15 is 0 Å². The number of anilines is 1. The maximum absolute atomic E-state index is 13.0. The summed E-state index contributed by atoms with van der Waals surface area (Å²) in [4.78, 5) is 17.1. The van der Waals surface area contributed by atoms with E-state index in [-0.39, 0.29) is 17.3 Å². The molecular formula is C25H22ClN3O4S. The van der Waals surface area contributed by atoms with E-state index < -0.39 is 16.0 Å². The third-order valence-electron chi connectivity index (χ3n) is 5.65. The highest BCUT2D eigenvalue weighted by molar-refractivity contribution is 7.85. The molecule has 0 saturated heterocycles. The molecule has 34 heavy (non-hydrogen) atoms. The minimum atomic E-state index is -4.37. The van der Waals surface area contributed by atoms with Crippen molar-refractivity contribution < 1.29 is 17.8 Å². The molecule has 0 unspecified atom stereocenters. The van der Waals surface area contributed by atoms with Gasteiger partial charge in [-0.15, -0.1) is 0 Å². The number of halogens is 1. The summed E-state index contributed by atoms with van der Waals surface area (Å²) in [5.74, 6) is -0.817. The zero-order valence-corrected chi connectivity index (χ0v) is 19.8. The van der Waals surface area contributed by atoms with E-state index in [0.717, 1.165) is 21.9 Å². The van der Waals surface area contributed by atoms with Crippen LogP contribution in [0.3, 0.4) is 0 Å². The second-order valence-corrected chi connectivity index (χ2v) is 9.76. The molecule has 0 fully saturated rings. The van der Waals surface area contributed by atoms with Crippen molar-refractivity contribution in [1.82, 2.24) is 4.98 Å². The molecule has 7 nitrogen and oxygen atoms in total. The quantitative estimate of drug-likeness (QED) is 0.330. The fourth-order valence-electron chi connectivity index (χ4n) is 3.83. The molecule has 0 aliphatic rings. The van der Waals surface area contributed by atoms with Gasteiger partial charge in [-0.3, -0.25) is 14.3 Å². The second kappa shape index (κ2) is 9.52. The van der Waals surface area contributed by atoms with Crippen molar-refractivity contribution in [2.75, 3.05) is 11.9 Å². The van der Waals surface area contributed by atoms with Gasteiger partial charge in [-0.1, -0.05) is 35.9 Å². The van der Waals surface area contributed by atoms with Crippen molar-refractivity contribution in [2.45, 2.75) is 17.7 Å². The number of benzene rings is 3. The van der Waals surface area contributed by atoms with Crippen LogP contribution in [-0.4, -0.2) is 30.4 Å². The van der Waals surface area contributed by atoms with E-state index in [1.807, 2.05) is 13.0 Å². The van der Waals surface area contributed by atoms with Gasteiger partial charge in [0, 0.05) is 40.6 Å². The molecule has 0 bridgehead atoms. The van der Waals surface area contributed by atoms with E-state index in [1.165, 1.54) is 12.1 Å². The zero-order valence-electron chi connectivity index (χ0n) is 18.2. The second-order valence-electron chi connectivity index (χ2n) is 7.90. The molecule has 1 aromatic heterocycles.